The average molecular weight is 392 g/mol. The summed E-state index contributed by atoms with van der Waals surface area (Å²) < 4.78 is 11.1. The average Bonchev–Trinajstić information content (AvgIpc) is 3.51. The molecule has 1 aromatic carbocycles. The molecule has 1 amide bonds. The Morgan fingerprint density at radius 3 is 2.76 bits per heavy atom. The zero-order chi connectivity index (χ0) is 20.1. The molecule has 1 aliphatic carbocycles. The molecule has 1 saturated carbocycles. The number of benzene rings is 1. The van der Waals surface area contributed by atoms with Gasteiger partial charge in [0.1, 0.15) is 12.0 Å². The summed E-state index contributed by atoms with van der Waals surface area (Å²) >= 11 is 0. The molecular weight excluding hydrogens is 368 g/mol. The van der Waals surface area contributed by atoms with Crippen LogP contribution in [0.1, 0.15) is 40.3 Å². The van der Waals surface area contributed by atoms with Crippen LogP contribution in [0.5, 0.6) is 5.75 Å². The van der Waals surface area contributed by atoms with Crippen molar-refractivity contribution in [3.05, 3.63) is 77.8 Å². The van der Waals surface area contributed by atoms with Crippen LogP contribution in [0.4, 0.5) is 0 Å². The second-order valence-electron chi connectivity index (χ2n) is 7.11. The van der Waals surface area contributed by atoms with E-state index in [-0.39, 0.29) is 5.91 Å². The highest BCUT2D eigenvalue weighted by atomic mass is 16.5. The van der Waals surface area contributed by atoms with E-state index in [1.54, 1.807) is 19.5 Å². The minimum absolute atomic E-state index is 0.250. The molecule has 7 heteroatoms. The highest BCUT2D eigenvalue weighted by Gasteiger charge is 2.30. The highest BCUT2D eigenvalue weighted by molar-refractivity contribution is 5.91. The van der Waals surface area contributed by atoms with Gasteiger partial charge in [0.2, 0.25) is 5.89 Å². The van der Waals surface area contributed by atoms with Crippen molar-refractivity contribution in [1.29, 1.82) is 0 Å². The number of carbonyl (C=O) groups is 1. The van der Waals surface area contributed by atoms with Gasteiger partial charge in [0.15, 0.2) is 5.69 Å². The van der Waals surface area contributed by atoms with Crippen molar-refractivity contribution in [3.63, 3.8) is 0 Å². The zero-order valence-electron chi connectivity index (χ0n) is 16.4. The van der Waals surface area contributed by atoms with Gasteiger partial charge in [0, 0.05) is 37.1 Å². The van der Waals surface area contributed by atoms with Crippen molar-refractivity contribution in [2.45, 2.75) is 38.5 Å². The summed E-state index contributed by atoms with van der Waals surface area (Å²) in [4.78, 5) is 23.0. The van der Waals surface area contributed by atoms with Crippen molar-refractivity contribution < 1.29 is 13.9 Å². The molecule has 0 unspecified atom stereocenters. The van der Waals surface area contributed by atoms with Crippen LogP contribution in [0.2, 0.25) is 0 Å². The van der Waals surface area contributed by atoms with Crippen LogP contribution in [0, 0.1) is 0 Å². The highest BCUT2D eigenvalue weighted by Crippen LogP contribution is 2.31. The number of methoxy groups -OCH3 is 1. The van der Waals surface area contributed by atoms with E-state index in [0.29, 0.717) is 30.7 Å². The molecule has 0 saturated heterocycles. The molecule has 2 aromatic heterocycles. The van der Waals surface area contributed by atoms with Gasteiger partial charge in [0.05, 0.1) is 13.7 Å². The Bertz CT molecular complexity index is 953. The number of nitrogens with one attached hydrogen (secondary N) is 1. The summed E-state index contributed by atoms with van der Waals surface area (Å²) in [6.07, 6.45) is 7.14. The van der Waals surface area contributed by atoms with Gasteiger partial charge < -0.3 is 14.5 Å². The number of amides is 1. The van der Waals surface area contributed by atoms with Crippen LogP contribution in [0.3, 0.4) is 0 Å². The zero-order valence-corrected chi connectivity index (χ0v) is 16.4. The van der Waals surface area contributed by atoms with E-state index in [2.05, 4.69) is 26.3 Å². The third-order valence-electron chi connectivity index (χ3n) is 4.95. The molecule has 0 radical (unpaired) electrons. The van der Waals surface area contributed by atoms with Gasteiger partial charge in [-0.1, -0.05) is 18.2 Å². The molecule has 0 aliphatic heterocycles. The molecule has 7 nitrogen and oxygen atoms in total. The van der Waals surface area contributed by atoms with E-state index in [1.165, 1.54) is 6.26 Å². The van der Waals surface area contributed by atoms with E-state index in [1.807, 2.05) is 30.3 Å². The minimum atomic E-state index is -0.250. The molecule has 29 heavy (non-hydrogen) atoms. The first-order valence-electron chi connectivity index (χ1n) is 9.70. The Hall–Kier alpha value is -3.19. The molecule has 1 fully saturated rings. The second kappa shape index (κ2) is 8.87. The fourth-order valence-electron chi connectivity index (χ4n) is 3.24. The van der Waals surface area contributed by atoms with Crippen LogP contribution < -0.4 is 10.1 Å². The predicted octanol–water partition coefficient (Wildman–Crippen LogP) is 3.17. The Labute approximate surface area is 169 Å². The van der Waals surface area contributed by atoms with E-state index in [9.17, 15) is 4.79 Å². The van der Waals surface area contributed by atoms with Crippen LogP contribution in [-0.4, -0.2) is 33.9 Å². The first-order valence-corrected chi connectivity index (χ1v) is 9.70. The third kappa shape index (κ3) is 5.00. The number of hydrogen-bond donors (Lipinski definition) is 1. The number of carbonyl (C=O) groups excluding carboxylic acids is 1. The summed E-state index contributed by atoms with van der Waals surface area (Å²) in [5.74, 6) is 1.17. The molecule has 1 N–H and O–H groups in total. The van der Waals surface area contributed by atoms with Gasteiger partial charge in [-0.3, -0.25) is 14.7 Å². The van der Waals surface area contributed by atoms with E-state index < -0.39 is 0 Å². The molecular formula is C22H24N4O3. The third-order valence-corrected chi connectivity index (χ3v) is 4.95. The minimum Gasteiger partial charge on any atom is -0.496 e. The monoisotopic (exact) mass is 392 g/mol. The topological polar surface area (TPSA) is 80.5 Å². The van der Waals surface area contributed by atoms with Crippen LogP contribution in [0.15, 0.2) is 59.5 Å². The summed E-state index contributed by atoms with van der Waals surface area (Å²) in [5, 5.41) is 2.85. The lowest BCUT2D eigenvalue weighted by Crippen LogP contribution is -2.26. The van der Waals surface area contributed by atoms with Crippen LogP contribution in [0.25, 0.3) is 0 Å². The van der Waals surface area contributed by atoms with Crippen molar-refractivity contribution in [1.82, 2.24) is 20.2 Å². The Morgan fingerprint density at radius 1 is 1.21 bits per heavy atom. The lowest BCUT2D eigenvalue weighted by atomic mass is 10.2. The number of pyridine rings is 1. The van der Waals surface area contributed by atoms with Crippen LogP contribution >= 0.6 is 0 Å². The molecule has 0 spiro atoms. The molecule has 2 heterocycles. The second-order valence-corrected chi connectivity index (χ2v) is 7.11. The number of oxazole rings is 1. The smallest absolute Gasteiger partial charge is 0.273 e. The number of aromatic nitrogens is 2. The SMILES string of the molecule is COc1ccccc1CN(Cc1nc(C(=O)NCc2ccncc2)co1)C1CC1. The Morgan fingerprint density at radius 2 is 2.00 bits per heavy atom. The summed E-state index contributed by atoms with van der Waals surface area (Å²) in [7, 11) is 1.69. The van der Waals surface area contributed by atoms with E-state index in [4.69, 9.17) is 9.15 Å². The maximum Gasteiger partial charge on any atom is 0.273 e. The number of rotatable bonds is 9. The van der Waals surface area contributed by atoms with E-state index >= 15 is 0 Å². The van der Waals surface area contributed by atoms with Crippen molar-refractivity contribution in [3.8, 4) is 5.75 Å². The molecule has 1 aliphatic rings. The van der Waals surface area contributed by atoms with Gasteiger partial charge in [-0.25, -0.2) is 4.98 Å². The van der Waals surface area contributed by atoms with Crippen molar-refractivity contribution >= 4 is 5.91 Å². The van der Waals surface area contributed by atoms with Crippen molar-refractivity contribution in [2.24, 2.45) is 0 Å². The molecule has 0 bridgehead atoms. The Balaban J connectivity index is 1.38. The first-order chi connectivity index (χ1) is 14.2. The standard InChI is InChI=1S/C22H24N4O3/c1-28-20-5-3-2-4-17(20)13-26(18-6-7-18)14-21-25-19(15-29-21)22(27)24-12-16-8-10-23-11-9-16/h2-5,8-11,15,18H,6-7,12-14H2,1H3,(H,24,27). The molecule has 0 atom stereocenters. The largest absolute Gasteiger partial charge is 0.496 e. The number of para-hydroxylation sites is 1. The van der Waals surface area contributed by atoms with Crippen LogP contribution in [-0.2, 0) is 19.6 Å². The van der Waals surface area contributed by atoms with Gasteiger partial charge >= 0.3 is 0 Å². The fourth-order valence-corrected chi connectivity index (χ4v) is 3.24. The summed E-state index contributed by atoms with van der Waals surface area (Å²) in [6, 6.07) is 12.3. The quantitative estimate of drug-likeness (QED) is 0.602. The summed E-state index contributed by atoms with van der Waals surface area (Å²) in [6.45, 7) is 1.73. The number of nitrogens with zero attached hydrogens (tertiary/aromatic N) is 3. The van der Waals surface area contributed by atoms with Gasteiger partial charge in [-0.15, -0.1) is 0 Å². The van der Waals surface area contributed by atoms with Gasteiger partial charge in [-0.2, -0.15) is 0 Å². The predicted molar refractivity (Wildman–Crippen MR) is 107 cm³/mol. The lowest BCUT2D eigenvalue weighted by molar-refractivity contribution is 0.0945. The first kappa shape index (κ1) is 19.1. The maximum absolute atomic E-state index is 12.4. The summed E-state index contributed by atoms with van der Waals surface area (Å²) in [5.41, 5.74) is 2.40. The number of ether oxygens (including phenoxy) is 1. The van der Waals surface area contributed by atoms with E-state index in [0.717, 1.165) is 36.3 Å². The molecule has 4 rings (SSSR count). The lowest BCUT2D eigenvalue weighted by Gasteiger charge is -2.21. The Kier molecular flexibility index (Phi) is 5.86. The number of hydrogen-bond acceptors (Lipinski definition) is 6. The van der Waals surface area contributed by atoms with Gasteiger partial charge in [-0.05, 0) is 36.6 Å². The molecule has 3 aromatic rings. The molecule has 150 valence electrons. The van der Waals surface area contributed by atoms with Crippen molar-refractivity contribution in [2.75, 3.05) is 7.11 Å². The normalized spacial score (nSPS) is 13.4. The fraction of sp³-hybridized carbons (Fsp3) is 0.318. The maximum atomic E-state index is 12.4. The van der Waals surface area contributed by atoms with Gasteiger partial charge in [0.25, 0.3) is 5.91 Å².